The van der Waals surface area contributed by atoms with Crippen molar-refractivity contribution >= 4 is 27.6 Å². The summed E-state index contributed by atoms with van der Waals surface area (Å²) in [7, 11) is -3.86. The van der Waals surface area contributed by atoms with Crippen LogP contribution in [0, 0.1) is 5.92 Å². The lowest BCUT2D eigenvalue weighted by molar-refractivity contribution is -0.139. The molecule has 0 bridgehead atoms. The van der Waals surface area contributed by atoms with Crippen molar-refractivity contribution in [1.82, 2.24) is 4.72 Å². The molecule has 0 heterocycles. The Morgan fingerprint density at radius 3 is 2.26 bits per heavy atom. The van der Waals surface area contributed by atoms with Crippen molar-refractivity contribution in [3.05, 3.63) is 29.3 Å². The highest BCUT2D eigenvalue weighted by molar-refractivity contribution is 7.89. The molecule has 1 atom stereocenters. The maximum absolute atomic E-state index is 12.0. The number of aliphatic carboxylic acids is 1. The fourth-order valence-corrected chi connectivity index (χ4v) is 2.87. The Bertz CT molecular complexity index is 539. The predicted molar refractivity (Wildman–Crippen MR) is 72.7 cm³/mol. The molecule has 5 nitrogen and oxygen atoms in total. The van der Waals surface area contributed by atoms with Crippen molar-refractivity contribution in [3.63, 3.8) is 0 Å². The summed E-state index contributed by atoms with van der Waals surface area (Å²) in [5.41, 5.74) is 0. The van der Waals surface area contributed by atoms with E-state index in [2.05, 4.69) is 4.72 Å². The summed E-state index contributed by atoms with van der Waals surface area (Å²) < 4.78 is 26.2. The summed E-state index contributed by atoms with van der Waals surface area (Å²) in [5, 5.41) is 9.44. The molecule has 0 saturated carbocycles. The van der Waals surface area contributed by atoms with Crippen molar-refractivity contribution in [3.8, 4) is 0 Å². The lowest BCUT2D eigenvalue weighted by atomic mass is 10.1. The van der Waals surface area contributed by atoms with E-state index in [9.17, 15) is 13.2 Å². The first-order valence-electron chi connectivity index (χ1n) is 5.73. The minimum absolute atomic E-state index is 0.00749. The molecule has 106 valence electrons. The van der Waals surface area contributed by atoms with E-state index in [1.165, 1.54) is 24.3 Å². The van der Waals surface area contributed by atoms with Gasteiger partial charge in [-0.15, -0.1) is 0 Å². The number of halogens is 1. The quantitative estimate of drug-likeness (QED) is 0.843. The first-order chi connectivity index (χ1) is 8.72. The maximum atomic E-state index is 12.0. The van der Waals surface area contributed by atoms with E-state index in [1.54, 1.807) is 0 Å². The third kappa shape index (κ3) is 4.81. The van der Waals surface area contributed by atoms with Crippen LogP contribution in [0.4, 0.5) is 0 Å². The number of sulfonamides is 1. The molecule has 1 aromatic rings. The number of rotatable bonds is 6. The van der Waals surface area contributed by atoms with E-state index >= 15 is 0 Å². The van der Waals surface area contributed by atoms with Gasteiger partial charge in [0.05, 0.1) is 4.90 Å². The second kappa shape index (κ2) is 6.36. The number of carboxylic acids is 1. The molecule has 0 aliphatic heterocycles. The fourth-order valence-electron chi connectivity index (χ4n) is 1.54. The lowest BCUT2D eigenvalue weighted by Gasteiger charge is -2.16. The first-order valence-corrected chi connectivity index (χ1v) is 7.59. The van der Waals surface area contributed by atoms with Gasteiger partial charge in [-0.3, -0.25) is 4.79 Å². The minimum atomic E-state index is -3.86. The van der Waals surface area contributed by atoms with Crippen LogP contribution in [0.5, 0.6) is 0 Å². The van der Waals surface area contributed by atoms with Crippen LogP contribution >= 0.6 is 11.6 Å². The van der Waals surface area contributed by atoms with E-state index in [0.717, 1.165) is 0 Å². The Morgan fingerprint density at radius 1 is 1.32 bits per heavy atom. The number of hydrogen-bond acceptors (Lipinski definition) is 3. The average molecular weight is 306 g/mol. The summed E-state index contributed by atoms with van der Waals surface area (Å²) in [6.45, 7) is 3.65. The van der Waals surface area contributed by atoms with Gasteiger partial charge in [0.25, 0.3) is 0 Å². The van der Waals surface area contributed by atoms with Gasteiger partial charge in [-0.2, -0.15) is 4.72 Å². The Hall–Kier alpha value is -1.11. The molecule has 1 unspecified atom stereocenters. The topological polar surface area (TPSA) is 83.5 Å². The summed E-state index contributed by atoms with van der Waals surface area (Å²) >= 11 is 5.68. The van der Waals surface area contributed by atoms with Gasteiger partial charge in [-0.25, -0.2) is 8.42 Å². The van der Waals surface area contributed by atoms with Crippen LogP contribution in [0.15, 0.2) is 29.2 Å². The molecule has 0 radical (unpaired) electrons. The maximum Gasteiger partial charge on any atom is 0.321 e. The predicted octanol–water partition coefficient (Wildman–Crippen LogP) is 2.12. The molecule has 1 aromatic carbocycles. The van der Waals surface area contributed by atoms with Crippen LogP contribution in [0.3, 0.4) is 0 Å². The second-order valence-corrected chi connectivity index (χ2v) is 6.75. The van der Waals surface area contributed by atoms with Crippen LogP contribution in [0.1, 0.15) is 20.3 Å². The molecule has 0 aliphatic carbocycles. The number of carboxylic acid groups (broad SMARTS) is 1. The fraction of sp³-hybridized carbons (Fsp3) is 0.417. The molecule has 2 N–H and O–H groups in total. The monoisotopic (exact) mass is 305 g/mol. The Morgan fingerprint density at radius 2 is 1.84 bits per heavy atom. The number of carbonyl (C=O) groups is 1. The van der Waals surface area contributed by atoms with Gasteiger partial charge >= 0.3 is 5.97 Å². The molecule has 0 aliphatic rings. The largest absolute Gasteiger partial charge is 0.480 e. The van der Waals surface area contributed by atoms with Crippen molar-refractivity contribution in [2.45, 2.75) is 31.2 Å². The molecule has 7 heteroatoms. The van der Waals surface area contributed by atoms with Gasteiger partial charge in [0, 0.05) is 5.02 Å². The van der Waals surface area contributed by atoms with E-state index in [0.29, 0.717) is 5.02 Å². The normalized spacial score (nSPS) is 13.5. The Balaban J connectivity index is 2.94. The SMILES string of the molecule is CC(C)CC(NS(=O)(=O)c1ccc(Cl)cc1)C(=O)O. The second-order valence-electron chi connectivity index (χ2n) is 4.60. The van der Waals surface area contributed by atoms with Gasteiger partial charge in [-0.05, 0) is 36.6 Å². The summed E-state index contributed by atoms with van der Waals surface area (Å²) in [6.07, 6.45) is 0.224. The lowest BCUT2D eigenvalue weighted by Crippen LogP contribution is -2.41. The van der Waals surface area contributed by atoms with Crippen LogP contribution in [-0.4, -0.2) is 25.5 Å². The molecule has 0 amide bonds. The molecule has 0 saturated heterocycles. The molecule has 0 spiro atoms. The number of benzene rings is 1. The van der Waals surface area contributed by atoms with Gasteiger partial charge in [-0.1, -0.05) is 25.4 Å². The van der Waals surface area contributed by atoms with Crippen molar-refractivity contribution in [1.29, 1.82) is 0 Å². The van der Waals surface area contributed by atoms with Crippen molar-refractivity contribution < 1.29 is 18.3 Å². The van der Waals surface area contributed by atoms with E-state index < -0.39 is 22.0 Å². The van der Waals surface area contributed by atoms with Gasteiger partial charge in [0.15, 0.2) is 0 Å². The van der Waals surface area contributed by atoms with Crippen molar-refractivity contribution in [2.24, 2.45) is 5.92 Å². The van der Waals surface area contributed by atoms with Gasteiger partial charge in [0.1, 0.15) is 6.04 Å². The van der Waals surface area contributed by atoms with E-state index in [4.69, 9.17) is 16.7 Å². The number of nitrogens with one attached hydrogen (secondary N) is 1. The Labute approximate surface area is 117 Å². The number of hydrogen-bond donors (Lipinski definition) is 2. The Kier molecular flexibility index (Phi) is 5.34. The molecule has 0 fully saturated rings. The summed E-state index contributed by atoms with van der Waals surface area (Å²) in [4.78, 5) is 11.0. The summed E-state index contributed by atoms with van der Waals surface area (Å²) in [6, 6.07) is 4.40. The highest BCUT2D eigenvalue weighted by Crippen LogP contribution is 2.15. The van der Waals surface area contributed by atoms with Crippen LogP contribution in [0.25, 0.3) is 0 Å². The van der Waals surface area contributed by atoms with Crippen LogP contribution in [-0.2, 0) is 14.8 Å². The zero-order valence-corrected chi connectivity index (χ0v) is 12.2. The van der Waals surface area contributed by atoms with Gasteiger partial charge < -0.3 is 5.11 Å². The molecule has 0 aromatic heterocycles. The smallest absolute Gasteiger partial charge is 0.321 e. The highest BCUT2D eigenvalue weighted by Gasteiger charge is 2.25. The zero-order chi connectivity index (χ0) is 14.6. The van der Waals surface area contributed by atoms with Crippen molar-refractivity contribution in [2.75, 3.05) is 0 Å². The highest BCUT2D eigenvalue weighted by atomic mass is 35.5. The minimum Gasteiger partial charge on any atom is -0.480 e. The molecule has 19 heavy (non-hydrogen) atoms. The third-order valence-electron chi connectivity index (χ3n) is 2.43. The van der Waals surface area contributed by atoms with E-state index in [-0.39, 0.29) is 17.2 Å². The summed E-state index contributed by atoms with van der Waals surface area (Å²) in [5.74, 6) is -1.12. The van der Waals surface area contributed by atoms with Gasteiger partial charge in [0.2, 0.25) is 10.0 Å². The molecule has 1 rings (SSSR count). The standard InChI is InChI=1S/C12H16ClNO4S/c1-8(2)7-11(12(15)16)14-19(17,18)10-5-3-9(13)4-6-10/h3-6,8,11,14H,7H2,1-2H3,(H,15,16). The molecular formula is C12H16ClNO4S. The molecular weight excluding hydrogens is 290 g/mol. The third-order valence-corrected chi connectivity index (χ3v) is 4.17. The average Bonchev–Trinajstić information content (AvgIpc) is 2.27. The van der Waals surface area contributed by atoms with Crippen LogP contribution < -0.4 is 4.72 Å². The van der Waals surface area contributed by atoms with Crippen LogP contribution in [0.2, 0.25) is 5.02 Å². The first kappa shape index (κ1) is 15.9. The van der Waals surface area contributed by atoms with E-state index in [1.807, 2.05) is 13.8 Å². The zero-order valence-electron chi connectivity index (χ0n) is 10.6.